The molecule has 2 nitrogen and oxygen atoms in total. The molecule has 0 saturated carbocycles. The molecular formula is C7H4Br2N2. The molecule has 1 aromatic rings. The first-order valence-electron chi connectivity index (χ1n) is 2.91. The molecule has 1 heterocycles. The van der Waals surface area contributed by atoms with Crippen molar-refractivity contribution in [1.82, 2.24) is 4.98 Å². The van der Waals surface area contributed by atoms with Crippen LogP contribution in [0.15, 0.2) is 21.3 Å². The van der Waals surface area contributed by atoms with E-state index in [2.05, 4.69) is 42.9 Å². The number of pyridine rings is 1. The summed E-state index contributed by atoms with van der Waals surface area (Å²) >= 11 is 6.58. The molecule has 1 aromatic heterocycles. The zero-order valence-electron chi connectivity index (χ0n) is 5.51. The fourth-order valence-electron chi connectivity index (χ4n) is 0.682. The summed E-state index contributed by atoms with van der Waals surface area (Å²) in [6.45, 7) is 0. The van der Waals surface area contributed by atoms with Gasteiger partial charge in [-0.3, -0.25) is 0 Å². The van der Waals surface area contributed by atoms with E-state index in [1.807, 2.05) is 6.07 Å². The average molecular weight is 276 g/mol. The van der Waals surface area contributed by atoms with Crippen molar-refractivity contribution in [2.45, 2.75) is 6.42 Å². The third kappa shape index (κ3) is 2.01. The SMILES string of the molecule is N#CCc1c(Br)ccnc1Br. The molecule has 1 rings (SSSR count). The summed E-state index contributed by atoms with van der Waals surface area (Å²) in [5, 5.41) is 8.45. The molecule has 0 saturated heterocycles. The van der Waals surface area contributed by atoms with Gasteiger partial charge in [0.2, 0.25) is 0 Å². The van der Waals surface area contributed by atoms with Gasteiger partial charge in [0.25, 0.3) is 0 Å². The molecule has 0 aliphatic rings. The van der Waals surface area contributed by atoms with Crippen molar-refractivity contribution < 1.29 is 0 Å². The van der Waals surface area contributed by atoms with Crippen molar-refractivity contribution in [2.75, 3.05) is 0 Å². The second-order valence-corrected chi connectivity index (χ2v) is 3.50. The Bertz CT molecular complexity index is 284. The topological polar surface area (TPSA) is 36.7 Å². The highest BCUT2D eigenvalue weighted by molar-refractivity contribution is 9.11. The van der Waals surface area contributed by atoms with Crippen molar-refractivity contribution in [3.05, 3.63) is 26.9 Å². The van der Waals surface area contributed by atoms with Gasteiger partial charge in [-0.25, -0.2) is 4.98 Å². The lowest BCUT2D eigenvalue weighted by molar-refractivity contribution is 1.14. The maximum Gasteiger partial charge on any atom is 0.111 e. The van der Waals surface area contributed by atoms with Crippen LogP contribution in [-0.4, -0.2) is 4.98 Å². The predicted molar refractivity (Wildman–Crippen MR) is 49.0 cm³/mol. The van der Waals surface area contributed by atoms with Crippen LogP contribution in [0, 0.1) is 11.3 Å². The molecule has 56 valence electrons. The number of hydrogen-bond donors (Lipinski definition) is 0. The van der Waals surface area contributed by atoms with Crippen LogP contribution in [0.4, 0.5) is 0 Å². The minimum Gasteiger partial charge on any atom is -0.249 e. The van der Waals surface area contributed by atoms with Crippen molar-refractivity contribution in [3.63, 3.8) is 0 Å². The van der Waals surface area contributed by atoms with Gasteiger partial charge in [0.1, 0.15) is 4.60 Å². The summed E-state index contributed by atoms with van der Waals surface area (Å²) in [5.74, 6) is 0. The monoisotopic (exact) mass is 274 g/mol. The summed E-state index contributed by atoms with van der Waals surface area (Å²) < 4.78 is 1.65. The lowest BCUT2D eigenvalue weighted by Gasteiger charge is -1.99. The second kappa shape index (κ2) is 3.84. The van der Waals surface area contributed by atoms with E-state index in [9.17, 15) is 0 Å². The van der Waals surface area contributed by atoms with Crippen LogP contribution in [0.2, 0.25) is 0 Å². The number of nitrogens with zero attached hydrogens (tertiary/aromatic N) is 2. The van der Waals surface area contributed by atoms with E-state index in [1.165, 1.54) is 0 Å². The van der Waals surface area contributed by atoms with Gasteiger partial charge in [0.05, 0.1) is 12.5 Å². The van der Waals surface area contributed by atoms with Crippen molar-refractivity contribution >= 4 is 31.9 Å². The first kappa shape index (κ1) is 8.69. The predicted octanol–water partition coefficient (Wildman–Crippen LogP) is 2.67. The van der Waals surface area contributed by atoms with Gasteiger partial charge in [-0.2, -0.15) is 5.26 Å². The molecule has 4 heteroatoms. The molecule has 0 atom stereocenters. The van der Waals surface area contributed by atoms with Crippen molar-refractivity contribution in [3.8, 4) is 6.07 Å². The van der Waals surface area contributed by atoms with Crippen LogP contribution in [0.1, 0.15) is 5.56 Å². The fourth-order valence-corrected chi connectivity index (χ4v) is 1.87. The summed E-state index contributed by atoms with van der Waals surface area (Å²) in [4.78, 5) is 3.99. The Hall–Kier alpha value is -0.400. The van der Waals surface area contributed by atoms with Crippen LogP contribution in [0.25, 0.3) is 0 Å². The van der Waals surface area contributed by atoms with Crippen molar-refractivity contribution in [1.29, 1.82) is 5.26 Å². The van der Waals surface area contributed by atoms with Crippen LogP contribution >= 0.6 is 31.9 Å². The zero-order chi connectivity index (χ0) is 8.27. The number of hydrogen-bond acceptors (Lipinski definition) is 2. The van der Waals surface area contributed by atoms with E-state index in [0.29, 0.717) is 6.42 Å². The number of halogens is 2. The van der Waals surface area contributed by atoms with Gasteiger partial charge in [-0.05, 0) is 22.0 Å². The molecule has 0 N–H and O–H groups in total. The fraction of sp³-hybridized carbons (Fsp3) is 0.143. The van der Waals surface area contributed by atoms with Gasteiger partial charge < -0.3 is 0 Å². The Labute approximate surface area is 81.5 Å². The Morgan fingerprint density at radius 2 is 2.27 bits per heavy atom. The lowest BCUT2D eigenvalue weighted by Crippen LogP contribution is -1.88. The van der Waals surface area contributed by atoms with Crippen LogP contribution in [0.3, 0.4) is 0 Å². The third-order valence-electron chi connectivity index (χ3n) is 1.20. The highest BCUT2D eigenvalue weighted by Crippen LogP contribution is 2.22. The normalized spacial score (nSPS) is 9.18. The van der Waals surface area contributed by atoms with E-state index in [1.54, 1.807) is 6.20 Å². The third-order valence-corrected chi connectivity index (χ3v) is 2.63. The highest BCUT2D eigenvalue weighted by Gasteiger charge is 2.03. The number of nitriles is 1. The molecule has 0 bridgehead atoms. The smallest absolute Gasteiger partial charge is 0.111 e. The summed E-state index contributed by atoms with van der Waals surface area (Å²) in [6.07, 6.45) is 2.05. The van der Waals surface area contributed by atoms with E-state index >= 15 is 0 Å². The maximum absolute atomic E-state index is 8.45. The average Bonchev–Trinajstić information content (AvgIpc) is 1.97. The van der Waals surface area contributed by atoms with Gasteiger partial charge >= 0.3 is 0 Å². The molecule has 0 amide bonds. The Morgan fingerprint density at radius 1 is 1.55 bits per heavy atom. The van der Waals surface area contributed by atoms with Crippen LogP contribution in [-0.2, 0) is 6.42 Å². The molecule has 0 radical (unpaired) electrons. The quantitative estimate of drug-likeness (QED) is 0.739. The van der Waals surface area contributed by atoms with Gasteiger partial charge in [0.15, 0.2) is 0 Å². The summed E-state index contributed by atoms with van der Waals surface area (Å²) in [7, 11) is 0. The first-order chi connectivity index (χ1) is 5.25. The largest absolute Gasteiger partial charge is 0.249 e. The maximum atomic E-state index is 8.45. The van der Waals surface area contributed by atoms with Gasteiger partial charge in [0, 0.05) is 16.2 Å². The zero-order valence-corrected chi connectivity index (χ0v) is 8.68. The number of rotatable bonds is 1. The second-order valence-electron chi connectivity index (χ2n) is 1.90. The molecular weight excluding hydrogens is 272 g/mol. The number of aromatic nitrogens is 1. The molecule has 0 aliphatic carbocycles. The van der Waals surface area contributed by atoms with E-state index in [0.717, 1.165) is 14.6 Å². The molecule has 0 aromatic carbocycles. The molecule has 0 fully saturated rings. The Kier molecular flexibility index (Phi) is 3.03. The Morgan fingerprint density at radius 3 is 2.82 bits per heavy atom. The molecule has 0 unspecified atom stereocenters. The van der Waals surface area contributed by atoms with E-state index in [-0.39, 0.29) is 0 Å². The Balaban J connectivity index is 3.12. The lowest BCUT2D eigenvalue weighted by atomic mass is 10.2. The van der Waals surface area contributed by atoms with E-state index in [4.69, 9.17) is 5.26 Å². The minimum absolute atomic E-state index is 0.370. The van der Waals surface area contributed by atoms with Crippen molar-refractivity contribution in [2.24, 2.45) is 0 Å². The standard InChI is InChI=1S/C7H4Br2N2/c8-6-2-4-11-7(9)5(6)1-3-10/h2,4H,1H2. The van der Waals surface area contributed by atoms with Gasteiger partial charge in [-0.15, -0.1) is 0 Å². The minimum atomic E-state index is 0.370. The molecule has 11 heavy (non-hydrogen) atoms. The first-order valence-corrected chi connectivity index (χ1v) is 4.50. The molecule has 0 aliphatic heterocycles. The molecule has 0 spiro atoms. The van der Waals surface area contributed by atoms with Crippen LogP contribution < -0.4 is 0 Å². The summed E-state index contributed by atoms with van der Waals surface area (Å²) in [6, 6.07) is 3.88. The van der Waals surface area contributed by atoms with Gasteiger partial charge in [-0.1, -0.05) is 15.9 Å². The van der Waals surface area contributed by atoms with Crippen LogP contribution in [0.5, 0.6) is 0 Å². The summed E-state index contributed by atoms with van der Waals surface area (Å²) in [5.41, 5.74) is 0.898. The highest BCUT2D eigenvalue weighted by atomic mass is 79.9. The van der Waals surface area contributed by atoms with E-state index < -0.39 is 0 Å².